The highest BCUT2D eigenvalue weighted by molar-refractivity contribution is 5.98. The van der Waals surface area contributed by atoms with E-state index in [4.69, 9.17) is 4.74 Å². The van der Waals surface area contributed by atoms with Gasteiger partial charge in [0.15, 0.2) is 0 Å². The number of carbonyl (C=O) groups is 2. The summed E-state index contributed by atoms with van der Waals surface area (Å²) >= 11 is 0. The van der Waals surface area contributed by atoms with Crippen molar-refractivity contribution in [1.82, 2.24) is 0 Å². The molecule has 0 aliphatic rings. The Hall–Kier alpha value is -1.64. The smallest absolute Gasteiger partial charge is 0.316 e. The zero-order valence-corrected chi connectivity index (χ0v) is 9.60. The third-order valence-corrected chi connectivity index (χ3v) is 2.41. The van der Waals surface area contributed by atoms with Crippen LogP contribution in [-0.2, 0) is 20.9 Å². The molecule has 0 N–H and O–H groups in total. The number of ketones is 1. The minimum absolute atomic E-state index is 0.0851. The summed E-state index contributed by atoms with van der Waals surface area (Å²) in [4.78, 5) is 22.7. The first-order valence-corrected chi connectivity index (χ1v) is 5.38. The molecule has 0 saturated heterocycles. The van der Waals surface area contributed by atoms with E-state index in [-0.39, 0.29) is 12.4 Å². The van der Waals surface area contributed by atoms with Gasteiger partial charge in [-0.3, -0.25) is 9.59 Å². The molecular formula is C13H16O3. The Labute approximate surface area is 95.4 Å². The summed E-state index contributed by atoms with van der Waals surface area (Å²) in [6, 6.07) is 9.40. The Balaban J connectivity index is 2.44. The molecule has 1 rings (SSSR count). The Morgan fingerprint density at radius 3 is 2.44 bits per heavy atom. The van der Waals surface area contributed by atoms with Crippen LogP contribution in [0.4, 0.5) is 0 Å². The van der Waals surface area contributed by atoms with Gasteiger partial charge in [-0.2, -0.15) is 0 Å². The average molecular weight is 220 g/mol. The molecule has 1 aromatic rings. The number of hydrogen-bond donors (Lipinski definition) is 0. The lowest BCUT2D eigenvalue weighted by Crippen LogP contribution is -2.22. The van der Waals surface area contributed by atoms with Crippen molar-refractivity contribution in [2.45, 2.75) is 26.9 Å². The summed E-state index contributed by atoms with van der Waals surface area (Å²) in [6.07, 6.45) is 0.363. The third kappa shape index (κ3) is 3.50. The first kappa shape index (κ1) is 12.4. The lowest BCUT2D eigenvalue weighted by molar-refractivity contribution is -0.152. The van der Waals surface area contributed by atoms with Crippen LogP contribution in [0.2, 0.25) is 0 Å². The molecule has 0 fully saturated rings. The van der Waals surface area contributed by atoms with Gasteiger partial charge in [0.2, 0.25) is 0 Å². The van der Waals surface area contributed by atoms with Crippen molar-refractivity contribution in [3.63, 3.8) is 0 Å². The van der Waals surface area contributed by atoms with Gasteiger partial charge in [0.1, 0.15) is 18.3 Å². The average Bonchev–Trinajstić information content (AvgIpc) is 2.35. The van der Waals surface area contributed by atoms with Crippen molar-refractivity contribution in [3.05, 3.63) is 35.9 Å². The Morgan fingerprint density at radius 1 is 1.25 bits per heavy atom. The second-order valence-corrected chi connectivity index (χ2v) is 3.63. The zero-order chi connectivity index (χ0) is 12.0. The Bertz CT molecular complexity index is 357. The summed E-state index contributed by atoms with van der Waals surface area (Å²) in [5, 5.41) is 0. The first-order chi connectivity index (χ1) is 7.65. The van der Waals surface area contributed by atoms with E-state index in [1.54, 1.807) is 13.8 Å². The summed E-state index contributed by atoms with van der Waals surface area (Å²) in [5.41, 5.74) is 0.923. The van der Waals surface area contributed by atoms with Gasteiger partial charge in [0.05, 0.1) is 0 Å². The maximum Gasteiger partial charge on any atom is 0.316 e. The molecule has 1 atom stereocenters. The Kier molecular flexibility index (Phi) is 4.70. The van der Waals surface area contributed by atoms with Gasteiger partial charge in [-0.1, -0.05) is 37.3 Å². The highest BCUT2D eigenvalue weighted by Gasteiger charge is 2.20. The van der Waals surface area contributed by atoms with Crippen molar-refractivity contribution in [3.8, 4) is 0 Å². The van der Waals surface area contributed by atoms with Gasteiger partial charge in [-0.05, 0) is 12.5 Å². The topological polar surface area (TPSA) is 43.4 Å². The molecule has 0 heterocycles. The van der Waals surface area contributed by atoms with Crippen molar-refractivity contribution in [1.29, 1.82) is 0 Å². The van der Waals surface area contributed by atoms with Crippen molar-refractivity contribution in [2.24, 2.45) is 5.92 Å². The van der Waals surface area contributed by atoms with E-state index < -0.39 is 11.9 Å². The van der Waals surface area contributed by atoms with Gasteiger partial charge < -0.3 is 4.74 Å². The van der Waals surface area contributed by atoms with E-state index in [2.05, 4.69) is 0 Å². The molecule has 1 aromatic carbocycles. The highest BCUT2D eigenvalue weighted by atomic mass is 16.5. The lowest BCUT2D eigenvalue weighted by Gasteiger charge is -2.09. The molecule has 0 amide bonds. The van der Waals surface area contributed by atoms with Crippen LogP contribution < -0.4 is 0 Å². The summed E-state index contributed by atoms with van der Waals surface area (Å²) in [7, 11) is 0. The molecular weight excluding hydrogens is 204 g/mol. The Morgan fingerprint density at radius 2 is 1.88 bits per heavy atom. The molecule has 3 heteroatoms. The van der Waals surface area contributed by atoms with Gasteiger partial charge in [-0.15, -0.1) is 0 Å². The van der Waals surface area contributed by atoms with Crippen molar-refractivity contribution in [2.75, 3.05) is 0 Å². The molecule has 0 spiro atoms. The van der Waals surface area contributed by atoms with Gasteiger partial charge in [0.25, 0.3) is 0 Å². The van der Waals surface area contributed by atoms with Crippen LogP contribution >= 0.6 is 0 Å². The minimum Gasteiger partial charge on any atom is -0.460 e. The van der Waals surface area contributed by atoms with Crippen molar-refractivity contribution < 1.29 is 14.3 Å². The van der Waals surface area contributed by atoms with Gasteiger partial charge >= 0.3 is 5.97 Å². The number of esters is 1. The standard InChI is InChI=1S/C13H16O3/c1-3-12(14)10(2)13(15)16-9-11-7-5-4-6-8-11/h4-8,10H,3,9H2,1-2H3/t10-/m1/s1. The molecule has 86 valence electrons. The third-order valence-electron chi connectivity index (χ3n) is 2.41. The van der Waals surface area contributed by atoms with Crippen LogP contribution in [0.25, 0.3) is 0 Å². The molecule has 0 radical (unpaired) electrons. The maximum atomic E-state index is 11.5. The highest BCUT2D eigenvalue weighted by Crippen LogP contribution is 2.07. The monoisotopic (exact) mass is 220 g/mol. The van der Waals surface area contributed by atoms with Gasteiger partial charge in [0, 0.05) is 6.42 Å². The molecule has 0 unspecified atom stereocenters. The first-order valence-electron chi connectivity index (χ1n) is 5.38. The number of carbonyl (C=O) groups excluding carboxylic acids is 2. The molecule has 0 aromatic heterocycles. The van der Waals surface area contributed by atoms with E-state index in [0.29, 0.717) is 6.42 Å². The quantitative estimate of drug-likeness (QED) is 0.565. The van der Waals surface area contributed by atoms with E-state index in [9.17, 15) is 9.59 Å². The zero-order valence-electron chi connectivity index (χ0n) is 9.60. The van der Waals surface area contributed by atoms with Gasteiger partial charge in [-0.25, -0.2) is 0 Å². The fourth-order valence-electron chi connectivity index (χ4n) is 1.29. The minimum atomic E-state index is -0.659. The van der Waals surface area contributed by atoms with E-state index >= 15 is 0 Å². The predicted molar refractivity (Wildman–Crippen MR) is 60.7 cm³/mol. The van der Waals surface area contributed by atoms with E-state index in [0.717, 1.165) is 5.56 Å². The molecule has 3 nitrogen and oxygen atoms in total. The second kappa shape index (κ2) is 6.05. The SMILES string of the molecule is CCC(=O)[C@@H](C)C(=O)OCc1ccccc1. The number of benzene rings is 1. The molecule has 0 aliphatic carbocycles. The molecule has 0 aliphatic heterocycles. The summed E-state index contributed by atoms with van der Waals surface area (Å²) in [5.74, 6) is -1.19. The number of ether oxygens (including phenoxy) is 1. The van der Waals surface area contributed by atoms with Crippen molar-refractivity contribution >= 4 is 11.8 Å². The number of Topliss-reactive ketones (excluding diaryl/α,β-unsaturated/α-hetero) is 1. The van der Waals surface area contributed by atoms with Crippen LogP contribution in [0, 0.1) is 5.92 Å². The number of rotatable bonds is 5. The van der Waals surface area contributed by atoms with Crippen LogP contribution in [0.1, 0.15) is 25.8 Å². The van der Waals surface area contributed by atoms with E-state index in [1.165, 1.54) is 0 Å². The summed E-state index contributed by atoms with van der Waals surface area (Å²) in [6.45, 7) is 3.55. The van der Waals surface area contributed by atoms with E-state index in [1.807, 2.05) is 30.3 Å². The molecule has 16 heavy (non-hydrogen) atoms. The lowest BCUT2D eigenvalue weighted by atomic mass is 10.1. The fraction of sp³-hybridized carbons (Fsp3) is 0.385. The molecule has 0 bridgehead atoms. The molecule has 0 saturated carbocycles. The number of hydrogen-bond acceptors (Lipinski definition) is 3. The largest absolute Gasteiger partial charge is 0.460 e. The van der Waals surface area contributed by atoms with Crippen LogP contribution in [0.15, 0.2) is 30.3 Å². The second-order valence-electron chi connectivity index (χ2n) is 3.63. The van der Waals surface area contributed by atoms with Crippen LogP contribution in [0.5, 0.6) is 0 Å². The summed E-state index contributed by atoms with van der Waals surface area (Å²) < 4.78 is 5.05. The normalized spacial score (nSPS) is 11.9. The fourth-order valence-corrected chi connectivity index (χ4v) is 1.29. The maximum absolute atomic E-state index is 11.5. The predicted octanol–water partition coefficient (Wildman–Crippen LogP) is 2.35. The van der Waals surface area contributed by atoms with Crippen LogP contribution in [0.3, 0.4) is 0 Å². The van der Waals surface area contributed by atoms with Crippen LogP contribution in [-0.4, -0.2) is 11.8 Å².